The van der Waals surface area contributed by atoms with Gasteiger partial charge in [0, 0.05) is 5.56 Å². The SMILES string of the molecule is COc1ccc(-c2nc(C)c(C(=O)O)s2)cc1. The Morgan fingerprint density at radius 3 is 2.47 bits per heavy atom. The molecule has 0 aliphatic rings. The molecule has 0 fully saturated rings. The lowest BCUT2D eigenvalue weighted by atomic mass is 10.2. The maximum atomic E-state index is 10.9. The fraction of sp³-hybridized carbons (Fsp3) is 0.167. The van der Waals surface area contributed by atoms with Crippen LogP contribution in [0.2, 0.25) is 0 Å². The Balaban J connectivity index is 2.39. The van der Waals surface area contributed by atoms with Gasteiger partial charge in [-0.2, -0.15) is 0 Å². The molecule has 2 aromatic rings. The van der Waals surface area contributed by atoms with Gasteiger partial charge in [0.2, 0.25) is 0 Å². The van der Waals surface area contributed by atoms with Gasteiger partial charge in [-0.1, -0.05) is 0 Å². The van der Waals surface area contributed by atoms with Gasteiger partial charge in [-0.05, 0) is 31.2 Å². The fourth-order valence-electron chi connectivity index (χ4n) is 1.45. The van der Waals surface area contributed by atoms with Gasteiger partial charge < -0.3 is 9.84 Å². The molecule has 17 heavy (non-hydrogen) atoms. The maximum absolute atomic E-state index is 10.9. The largest absolute Gasteiger partial charge is 0.497 e. The Bertz CT molecular complexity index is 545. The van der Waals surface area contributed by atoms with Crippen molar-refractivity contribution in [2.45, 2.75) is 6.92 Å². The Morgan fingerprint density at radius 2 is 2.00 bits per heavy atom. The summed E-state index contributed by atoms with van der Waals surface area (Å²) in [6.07, 6.45) is 0. The van der Waals surface area contributed by atoms with E-state index in [9.17, 15) is 4.79 Å². The molecule has 4 nitrogen and oxygen atoms in total. The Hall–Kier alpha value is -1.88. The van der Waals surface area contributed by atoms with Crippen LogP contribution in [0, 0.1) is 6.92 Å². The van der Waals surface area contributed by atoms with Crippen molar-refractivity contribution in [3.05, 3.63) is 34.8 Å². The van der Waals surface area contributed by atoms with Gasteiger partial charge >= 0.3 is 5.97 Å². The predicted molar refractivity (Wildman–Crippen MR) is 65.8 cm³/mol. The fourth-order valence-corrected chi connectivity index (χ4v) is 2.36. The first-order chi connectivity index (χ1) is 8.11. The first-order valence-corrected chi connectivity index (χ1v) is 5.78. The number of thiazole rings is 1. The van der Waals surface area contributed by atoms with Crippen molar-refractivity contribution in [2.75, 3.05) is 7.11 Å². The van der Waals surface area contributed by atoms with E-state index in [-0.39, 0.29) is 4.88 Å². The smallest absolute Gasteiger partial charge is 0.347 e. The van der Waals surface area contributed by atoms with Gasteiger partial charge in [-0.25, -0.2) is 9.78 Å². The molecule has 0 bridgehead atoms. The highest BCUT2D eigenvalue weighted by atomic mass is 32.1. The summed E-state index contributed by atoms with van der Waals surface area (Å²) in [6, 6.07) is 7.38. The minimum atomic E-state index is -0.931. The van der Waals surface area contributed by atoms with Gasteiger partial charge in [0.15, 0.2) is 0 Å². The third-order valence-corrected chi connectivity index (χ3v) is 3.52. The number of aromatic nitrogens is 1. The maximum Gasteiger partial charge on any atom is 0.347 e. The van der Waals surface area contributed by atoms with Crippen LogP contribution in [-0.2, 0) is 0 Å². The lowest BCUT2D eigenvalue weighted by Gasteiger charge is -1.99. The summed E-state index contributed by atoms with van der Waals surface area (Å²) >= 11 is 1.18. The lowest BCUT2D eigenvalue weighted by Crippen LogP contribution is -1.94. The number of methoxy groups -OCH3 is 1. The molecule has 0 spiro atoms. The van der Waals surface area contributed by atoms with E-state index in [0.29, 0.717) is 10.7 Å². The number of hydrogen-bond donors (Lipinski definition) is 1. The molecule has 1 aromatic carbocycles. The number of rotatable bonds is 3. The van der Waals surface area contributed by atoms with Crippen LogP contribution >= 0.6 is 11.3 Å². The van der Waals surface area contributed by atoms with Crippen molar-refractivity contribution in [2.24, 2.45) is 0 Å². The van der Waals surface area contributed by atoms with Crippen LogP contribution in [0.5, 0.6) is 5.75 Å². The second-order valence-corrected chi connectivity index (χ2v) is 4.47. The van der Waals surface area contributed by atoms with Crippen molar-refractivity contribution in [1.82, 2.24) is 4.98 Å². The first kappa shape index (κ1) is 11.6. The summed E-state index contributed by atoms with van der Waals surface area (Å²) in [6.45, 7) is 1.70. The quantitative estimate of drug-likeness (QED) is 0.908. The number of nitrogens with zero attached hydrogens (tertiary/aromatic N) is 1. The van der Waals surface area contributed by atoms with Gasteiger partial charge in [0.25, 0.3) is 0 Å². The van der Waals surface area contributed by atoms with E-state index in [4.69, 9.17) is 9.84 Å². The number of carboxylic acid groups (broad SMARTS) is 1. The third kappa shape index (κ3) is 2.29. The van der Waals surface area contributed by atoms with Gasteiger partial charge in [-0.3, -0.25) is 0 Å². The van der Waals surface area contributed by atoms with Crippen LogP contribution < -0.4 is 4.74 Å². The highest BCUT2D eigenvalue weighted by Gasteiger charge is 2.14. The summed E-state index contributed by atoms with van der Waals surface area (Å²) in [5.41, 5.74) is 1.44. The Morgan fingerprint density at radius 1 is 1.35 bits per heavy atom. The molecule has 2 rings (SSSR count). The number of aryl methyl sites for hydroxylation is 1. The van der Waals surface area contributed by atoms with Crippen molar-refractivity contribution < 1.29 is 14.6 Å². The highest BCUT2D eigenvalue weighted by Crippen LogP contribution is 2.28. The number of carbonyl (C=O) groups is 1. The minimum absolute atomic E-state index is 0.288. The van der Waals surface area contributed by atoms with E-state index >= 15 is 0 Å². The molecule has 5 heteroatoms. The van der Waals surface area contributed by atoms with E-state index in [1.807, 2.05) is 24.3 Å². The molecule has 0 saturated carbocycles. The second-order valence-electron chi connectivity index (χ2n) is 3.47. The van der Waals surface area contributed by atoms with Crippen LogP contribution in [0.15, 0.2) is 24.3 Å². The summed E-state index contributed by atoms with van der Waals surface area (Å²) in [5.74, 6) is -0.166. The monoisotopic (exact) mass is 249 g/mol. The number of ether oxygens (including phenoxy) is 1. The zero-order valence-electron chi connectivity index (χ0n) is 9.43. The average molecular weight is 249 g/mol. The molecule has 0 amide bonds. The van der Waals surface area contributed by atoms with E-state index in [1.54, 1.807) is 14.0 Å². The molecule has 1 aromatic heterocycles. The highest BCUT2D eigenvalue weighted by molar-refractivity contribution is 7.17. The molecule has 0 atom stereocenters. The van der Waals surface area contributed by atoms with Gasteiger partial charge in [-0.15, -0.1) is 11.3 Å². The minimum Gasteiger partial charge on any atom is -0.497 e. The molecule has 1 heterocycles. The number of hydrogen-bond acceptors (Lipinski definition) is 4. The predicted octanol–water partition coefficient (Wildman–Crippen LogP) is 2.83. The van der Waals surface area contributed by atoms with Crippen LogP contribution in [0.25, 0.3) is 10.6 Å². The van der Waals surface area contributed by atoms with Gasteiger partial charge in [0.05, 0.1) is 12.8 Å². The molecule has 0 saturated heterocycles. The average Bonchev–Trinajstić information content (AvgIpc) is 2.71. The Kier molecular flexibility index (Phi) is 3.10. The molecule has 1 N–H and O–H groups in total. The molecule has 0 aliphatic heterocycles. The zero-order chi connectivity index (χ0) is 12.4. The summed E-state index contributed by atoms with van der Waals surface area (Å²) in [5, 5.41) is 9.67. The topological polar surface area (TPSA) is 59.4 Å². The van der Waals surface area contributed by atoms with Crippen molar-refractivity contribution >= 4 is 17.3 Å². The summed E-state index contributed by atoms with van der Waals surface area (Å²) < 4.78 is 5.06. The van der Waals surface area contributed by atoms with Crippen molar-refractivity contribution in [1.29, 1.82) is 0 Å². The lowest BCUT2D eigenvalue weighted by molar-refractivity contribution is 0.0701. The molecular weight excluding hydrogens is 238 g/mol. The summed E-state index contributed by atoms with van der Waals surface area (Å²) in [4.78, 5) is 15.5. The normalized spacial score (nSPS) is 10.2. The van der Waals surface area contributed by atoms with E-state index in [2.05, 4.69) is 4.98 Å². The number of carboxylic acids is 1. The van der Waals surface area contributed by atoms with Crippen molar-refractivity contribution in [3.63, 3.8) is 0 Å². The zero-order valence-corrected chi connectivity index (χ0v) is 10.2. The van der Waals surface area contributed by atoms with Gasteiger partial charge in [0.1, 0.15) is 15.6 Å². The standard InChI is InChI=1S/C12H11NO3S/c1-7-10(12(14)15)17-11(13-7)8-3-5-9(16-2)6-4-8/h3-6H,1-2H3,(H,14,15). The van der Waals surface area contributed by atoms with E-state index in [0.717, 1.165) is 11.3 Å². The molecule has 0 aliphatic carbocycles. The first-order valence-electron chi connectivity index (χ1n) is 4.97. The van der Waals surface area contributed by atoms with Crippen LogP contribution in [0.1, 0.15) is 15.4 Å². The molecule has 0 radical (unpaired) electrons. The molecule has 0 unspecified atom stereocenters. The number of aromatic carboxylic acids is 1. The molecular formula is C12H11NO3S. The summed E-state index contributed by atoms with van der Waals surface area (Å²) in [7, 11) is 1.60. The number of benzene rings is 1. The van der Waals surface area contributed by atoms with E-state index < -0.39 is 5.97 Å². The van der Waals surface area contributed by atoms with Crippen LogP contribution in [0.3, 0.4) is 0 Å². The van der Waals surface area contributed by atoms with Crippen molar-refractivity contribution in [3.8, 4) is 16.3 Å². The third-order valence-electron chi connectivity index (χ3n) is 2.33. The molecule has 88 valence electrons. The van der Waals surface area contributed by atoms with Crippen LogP contribution in [-0.4, -0.2) is 23.2 Å². The Labute approximate surface area is 103 Å². The van der Waals surface area contributed by atoms with E-state index in [1.165, 1.54) is 11.3 Å². The van der Waals surface area contributed by atoms with Crippen LogP contribution in [0.4, 0.5) is 0 Å². The second kappa shape index (κ2) is 4.55.